The fraction of sp³-hybridized carbons (Fsp3) is 0.320. The molecule has 0 aliphatic heterocycles. The molecule has 1 heterocycles. The van der Waals surface area contributed by atoms with Crippen molar-refractivity contribution in [3.8, 4) is 5.75 Å². The first-order valence-corrected chi connectivity index (χ1v) is 10.6. The number of carbonyl (C=O) groups is 2. The molecule has 0 radical (unpaired) electrons. The predicted octanol–water partition coefficient (Wildman–Crippen LogP) is 4.48. The number of para-hydroxylation sites is 1. The summed E-state index contributed by atoms with van der Waals surface area (Å²) < 4.78 is 5.69. The molecule has 3 rings (SSSR count). The van der Waals surface area contributed by atoms with E-state index >= 15 is 0 Å². The smallest absolute Gasteiger partial charge is 0.306 e. The van der Waals surface area contributed by atoms with E-state index in [9.17, 15) is 14.7 Å². The number of pyridine rings is 1. The van der Waals surface area contributed by atoms with Crippen LogP contribution in [0.3, 0.4) is 0 Å². The zero-order valence-electron chi connectivity index (χ0n) is 17.7. The van der Waals surface area contributed by atoms with E-state index in [2.05, 4.69) is 17.2 Å². The van der Waals surface area contributed by atoms with Crippen LogP contribution in [0.1, 0.15) is 42.1 Å². The fourth-order valence-corrected chi connectivity index (χ4v) is 3.40. The second-order valence-electron chi connectivity index (χ2n) is 7.55. The summed E-state index contributed by atoms with van der Waals surface area (Å²) >= 11 is 0. The van der Waals surface area contributed by atoms with Crippen LogP contribution in [0.15, 0.2) is 60.8 Å². The van der Waals surface area contributed by atoms with Gasteiger partial charge in [-0.05, 0) is 42.7 Å². The van der Waals surface area contributed by atoms with E-state index in [1.165, 1.54) is 0 Å². The Hall–Kier alpha value is -3.41. The number of carbonyl (C=O) groups excluding carboxylic acids is 1. The molecule has 0 saturated heterocycles. The van der Waals surface area contributed by atoms with Crippen molar-refractivity contribution in [3.05, 3.63) is 71.9 Å². The van der Waals surface area contributed by atoms with Crippen LogP contribution in [-0.2, 0) is 11.2 Å². The Morgan fingerprint density at radius 3 is 2.65 bits per heavy atom. The molecule has 2 aromatic carbocycles. The quantitative estimate of drug-likeness (QED) is 0.447. The highest BCUT2D eigenvalue weighted by Gasteiger charge is 2.17. The molecular weight excluding hydrogens is 392 g/mol. The normalized spacial score (nSPS) is 11.8. The van der Waals surface area contributed by atoms with Crippen molar-refractivity contribution in [1.29, 1.82) is 0 Å². The number of nitrogens with zero attached hydrogens (tertiary/aromatic N) is 1. The number of carboxylic acid groups (broad SMARTS) is 1. The summed E-state index contributed by atoms with van der Waals surface area (Å²) in [5.41, 5.74) is 2.35. The van der Waals surface area contributed by atoms with Gasteiger partial charge in [0.05, 0.1) is 23.5 Å². The second-order valence-corrected chi connectivity index (χ2v) is 7.55. The minimum atomic E-state index is -0.744. The van der Waals surface area contributed by atoms with Crippen LogP contribution in [0.25, 0.3) is 10.9 Å². The Morgan fingerprint density at radius 1 is 1.13 bits per heavy atom. The van der Waals surface area contributed by atoms with Crippen LogP contribution in [0.2, 0.25) is 0 Å². The molecule has 6 nitrogen and oxygen atoms in total. The van der Waals surface area contributed by atoms with Gasteiger partial charge >= 0.3 is 5.97 Å². The fourth-order valence-electron chi connectivity index (χ4n) is 3.40. The van der Waals surface area contributed by atoms with E-state index < -0.39 is 5.97 Å². The lowest BCUT2D eigenvalue weighted by molar-refractivity contribution is -0.142. The molecule has 1 unspecified atom stereocenters. The van der Waals surface area contributed by atoms with Gasteiger partial charge in [0.15, 0.2) is 0 Å². The number of hydrogen-bond acceptors (Lipinski definition) is 4. The van der Waals surface area contributed by atoms with Crippen LogP contribution < -0.4 is 10.1 Å². The first-order valence-electron chi connectivity index (χ1n) is 10.6. The van der Waals surface area contributed by atoms with E-state index in [-0.39, 0.29) is 11.8 Å². The number of ether oxygens (including phenoxy) is 1. The van der Waals surface area contributed by atoms with Gasteiger partial charge in [0.25, 0.3) is 5.91 Å². The third-order valence-electron chi connectivity index (χ3n) is 5.17. The Morgan fingerprint density at radius 2 is 1.90 bits per heavy atom. The lowest BCUT2D eigenvalue weighted by Crippen LogP contribution is -2.28. The summed E-state index contributed by atoms with van der Waals surface area (Å²) in [4.78, 5) is 28.0. The Labute approximate surface area is 182 Å². The van der Waals surface area contributed by atoms with Crippen molar-refractivity contribution in [2.75, 3.05) is 13.2 Å². The number of unbranched alkanes of at least 4 members (excludes halogenated alkanes) is 1. The molecule has 0 spiro atoms. The molecule has 6 heteroatoms. The topological polar surface area (TPSA) is 88.5 Å². The summed E-state index contributed by atoms with van der Waals surface area (Å²) in [6.07, 6.45) is 4.69. The molecule has 2 N–H and O–H groups in total. The molecule has 1 atom stereocenters. The maximum atomic E-state index is 12.3. The Kier molecular flexibility index (Phi) is 7.98. The van der Waals surface area contributed by atoms with Crippen LogP contribution in [0.5, 0.6) is 5.75 Å². The number of rotatable bonds is 11. The van der Waals surface area contributed by atoms with Gasteiger partial charge in [-0.25, -0.2) is 0 Å². The van der Waals surface area contributed by atoms with Crippen molar-refractivity contribution < 1.29 is 19.4 Å². The van der Waals surface area contributed by atoms with Crippen LogP contribution in [-0.4, -0.2) is 35.1 Å². The molecule has 162 valence electrons. The highest BCUT2D eigenvalue weighted by atomic mass is 16.5. The van der Waals surface area contributed by atoms with Gasteiger partial charge in [-0.2, -0.15) is 0 Å². The zero-order valence-corrected chi connectivity index (χ0v) is 17.7. The summed E-state index contributed by atoms with van der Waals surface area (Å²) in [6.45, 7) is 2.76. The number of amides is 1. The van der Waals surface area contributed by atoms with Crippen molar-refractivity contribution in [2.24, 2.45) is 5.92 Å². The summed E-state index contributed by atoms with van der Waals surface area (Å²) in [5.74, 6) is -0.604. The van der Waals surface area contributed by atoms with Crippen molar-refractivity contribution >= 4 is 22.8 Å². The molecule has 0 bridgehead atoms. The van der Waals surface area contributed by atoms with E-state index in [1.807, 2.05) is 54.6 Å². The number of aromatic nitrogens is 1. The maximum Gasteiger partial charge on any atom is 0.306 e. The molecule has 1 amide bonds. The van der Waals surface area contributed by atoms with E-state index in [0.717, 1.165) is 29.3 Å². The predicted molar refractivity (Wildman–Crippen MR) is 120 cm³/mol. The zero-order chi connectivity index (χ0) is 22.1. The molecule has 0 aliphatic rings. The number of aliphatic carboxylic acids is 1. The minimum Gasteiger partial charge on any atom is -0.492 e. The van der Waals surface area contributed by atoms with Crippen LogP contribution >= 0.6 is 0 Å². The van der Waals surface area contributed by atoms with Gasteiger partial charge in [-0.15, -0.1) is 0 Å². The number of carboxylic acids is 1. The number of nitrogens with one attached hydrogen (secondary N) is 1. The van der Waals surface area contributed by atoms with E-state index in [4.69, 9.17) is 4.74 Å². The monoisotopic (exact) mass is 420 g/mol. The average molecular weight is 421 g/mol. The highest BCUT2D eigenvalue weighted by molar-refractivity contribution is 5.97. The van der Waals surface area contributed by atoms with Crippen molar-refractivity contribution in [1.82, 2.24) is 10.3 Å². The largest absolute Gasteiger partial charge is 0.492 e. The SMILES string of the molecule is CCCCC(Cc1ccc(OCCNC(=O)c2cnc3ccccc3c2)cc1)C(=O)O. The van der Waals surface area contributed by atoms with Gasteiger partial charge < -0.3 is 15.2 Å². The van der Waals surface area contributed by atoms with Crippen LogP contribution in [0, 0.1) is 5.92 Å². The Bertz CT molecular complexity index is 1020. The molecular formula is C25H28N2O4. The minimum absolute atomic E-state index is 0.191. The summed E-state index contributed by atoms with van der Waals surface area (Å²) in [7, 11) is 0. The third kappa shape index (κ3) is 6.54. The van der Waals surface area contributed by atoms with Gasteiger partial charge in [-0.1, -0.05) is 50.1 Å². The molecule has 0 fully saturated rings. The van der Waals surface area contributed by atoms with E-state index in [1.54, 1.807) is 6.20 Å². The van der Waals surface area contributed by atoms with E-state index in [0.29, 0.717) is 37.3 Å². The summed E-state index contributed by atoms with van der Waals surface area (Å²) in [6, 6.07) is 17.0. The molecule has 1 aromatic heterocycles. The average Bonchev–Trinajstić information content (AvgIpc) is 2.79. The molecule has 0 aliphatic carbocycles. The van der Waals surface area contributed by atoms with Gasteiger partial charge in [0, 0.05) is 11.6 Å². The number of fused-ring (bicyclic) bond motifs is 1. The standard InChI is InChI=1S/C25H28N2O4/c1-2-3-6-20(25(29)30)15-18-9-11-22(12-10-18)31-14-13-26-24(28)21-16-19-7-4-5-8-23(19)27-17-21/h4-5,7-12,16-17,20H,2-3,6,13-15H2,1H3,(H,26,28)(H,29,30). The molecule has 31 heavy (non-hydrogen) atoms. The second kappa shape index (κ2) is 11.1. The molecule has 3 aromatic rings. The van der Waals surface area contributed by atoms with Crippen molar-refractivity contribution in [3.63, 3.8) is 0 Å². The maximum absolute atomic E-state index is 12.3. The lowest BCUT2D eigenvalue weighted by Gasteiger charge is -2.12. The molecule has 0 saturated carbocycles. The van der Waals surface area contributed by atoms with Crippen LogP contribution in [0.4, 0.5) is 0 Å². The number of hydrogen-bond donors (Lipinski definition) is 2. The number of benzene rings is 2. The highest BCUT2D eigenvalue weighted by Crippen LogP contribution is 2.19. The summed E-state index contributed by atoms with van der Waals surface area (Å²) in [5, 5.41) is 13.1. The van der Waals surface area contributed by atoms with Gasteiger partial charge in [0.2, 0.25) is 0 Å². The third-order valence-corrected chi connectivity index (χ3v) is 5.17. The first kappa shape index (κ1) is 22.3. The van der Waals surface area contributed by atoms with Gasteiger partial charge in [-0.3, -0.25) is 14.6 Å². The van der Waals surface area contributed by atoms with Gasteiger partial charge in [0.1, 0.15) is 12.4 Å². The lowest BCUT2D eigenvalue weighted by atomic mass is 9.94. The van der Waals surface area contributed by atoms with Crippen molar-refractivity contribution in [2.45, 2.75) is 32.6 Å². The first-order chi connectivity index (χ1) is 15.1. The Balaban J connectivity index is 1.44.